The van der Waals surface area contributed by atoms with Crippen molar-refractivity contribution in [1.82, 2.24) is 9.97 Å². The van der Waals surface area contributed by atoms with Crippen molar-refractivity contribution in [1.29, 1.82) is 0 Å². The van der Waals surface area contributed by atoms with Gasteiger partial charge in [-0.05, 0) is 68.6 Å². The number of benzene rings is 6. The molecule has 0 aliphatic heterocycles. The van der Waals surface area contributed by atoms with Crippen LogP contribution in [0, 0.1) is 6.92 Å². The Balaban J connectivity index is 1.48. The van der Waals surface area contributed by atoms with Gasteiger partial charge in [-0.2, -0.15) is 0 Å². The zero-order valence-electron chi connectivity index (χ0n) is 21.5. The Hall–Kier alpha value is -5.08. The molecule has 0 aliphatic rings. The highest BCUT2D eigenvalue weighted by Gasteiger charge is 2.18. The minimum atomic E-state index is 0.945. The summed E-state index contributed by atoms with van der Waals surface area (Å²) in [5.74, 6) is 0. The normalized spacial score (nSPS) is 11.7. The average Bonchev–Trinajstić information content (AvgIpc) is 2.99. The molecule has 0 unspecified atom stereocenters. The summed E-state index contributed by atoms with van der Waals surface area (Å²) in [4.78, 5) is 10.2. The van der Waals surface area contributed by atoms with E-state index in [0.717, 1.165) is 38.8 Å². The van der Waals surface area contributed by atoms with E-state index in [9.17, 15) is 0 Å². The lowest BCUT2D eigenvalue weighted by Gasteiger charge is -2.18. The second-order valence-corrected chi connectivity index (χ2v) is 10.3. The van der Waals surface area contributed by atoms with Crippen LogP contribution < -0.4 is 0 Å². The maximum Gasteiger partial charge on any atom is 0.0972 e. The molecule has 2 aromatic heterocycles. The first-order valence-corrected chi connectivity index (χ1v) is 13.3. The molecule has 0 N–H and O–H groups in total. The van der Waals surface area contributed by atoms with Gasteiger partial charge in [0.2, 0.25) is 0 Å². The first-order valence-electron chi connectivity index (χ1n) is 13.3. The van der Waals surface area contributed by atoms with Gasteiger partial charge in [-0.1, -0.05) is 109 Å². The highest BCUT2D eigenvalue weighted by atomic mass is 14.8. The van der Waals surface area contributed by atoms with Gasteiger partial charge in [0.05, 0.1) is 16.7 Å². The van der Waals surface area contributed by atoms with Crippen molar-refractivity contribution in [3.05, 3.63) is 133 Å². The molecule has 0 saturated heterocycles. The predicted octanol–water partition coefficient (Wildman–Crippen LogP) is 9.89. The Morgan fingerprint density at radius 3 is 1.62 bits per heavy atom. The van der Waals surface area contributed by atoms with Gasteiger partial charge in [0.15, 0.2) is 0 Å². The smallest absolute Gasteiger partial charge is 0.0972 e. The van der Waals surface area contributed by atoms with E-state index in [1.54, 1.807) is 0 Å². The molecule has 0 saturated carbocycles. The number of nitrogens with zero attached hydrogens (tertiary/aromatic N) is 2. The van der Waals surface area contributed by atoms with Crippen molar-refractivity contribution < 1.29 is 0 Å². The standard InChI is InChI=1S/C37H24N2/c1-23-14-15-25-17-18-26-20-21-33(39-37(26)36(25)38-23)35-31-12-6-4-10-29(31)34(30-11-5-7-13-32(30)35)28-19-16-24-8-2-3-9-27(24)22-28/h2-22H,1H3. The number of hydrogen-bond donors (Lipinski definition) is 0. The Morgan fingerprint density at radius 1 is 0.410 bits per heavy atom. The molecular formula is C37H24N2. The van der Waals surface area contributed by atoms with E-state index in [2.05, 4.69) is 127 Å². The number of aryl methyl sites for hydroxylation is 1. The molecule has 0 spiro atoms. The van der Waals surface area contributed by atoms with Crippen molar-refractivity contribution in [3.63, 3.8) is 0 Å². The summed E-state index contributed by atoms with van der Waals surface area (Å²) in [6.07, 6.45) is 0. The molecule has 182 valence electrons. The van der Waals surface area contributed by atoms with Crippen LogP contribution in [0.5, 0.6) is 0 Å². The van der Waals surface area contributed by atoms with Gasteiger partial charge < -0.3 is 0 Å². The topological polar surface area (TPSA) is 25.8 Å². The lowest BCUT2D eigenvalue weighted by Crippen LogP contribution is -1.94. The summed E-state index contributed by atoms with van der Waals surface area (Å²) >= 11 is 0. The van der Waals surface area contributed by atoms with Crippen LogP contribution in [0.2, 0.25) is 0 Å². The monoisotopic (exact) mass is 496 g/mol. The summed E-state index contributed by atoms with van der Waals surface area (Å²) in [6.45, 7) is 2.04. The zero-order valence-corrected chi connectivity index (χ0v) is 21.5. The van der Waals surface area contributed by atoms with Crippen molar-refractivity contribution in [2.75, 3.05) is 0 Å². The van der Waals surface area contributed by atoms with E-state index in [0.29, 0.717) is 0 Å². The van der Waals surface area contributed by atoms with Gasteiger partial charge >= 0.3 is 0 Å². The second kappa shape index (κ2) is 8.47. The van der Waals surface area contributed by atoms with E-state index >= 15 is 0 Å². The highest BCUT2D eigenvalue weighted by molar-refractivity contribution is 6.21. The molecule has 8 aromatic rings. The summed E-state index contributed by atoms with van der Waals surface area (Å²) in [5.41, 5.74) is 7.52. The van der Waals surface area contributed by atoms with Crippen LogP contribution in [0.15, 0.2) is 127 Å². The fourth-order valence-electron chi connectivity index (χ4n) is 6.06. The van der Waals surface area contributed by atoms with Gasteiger partial charge in [-0.25, -0.2) is 4.98 Å². The number of hydrogen-bond acceptors (Lipinski definition) is 2. The molecule has 0 radical (unpaired) electrons. The molecule has 2 heterocycles. The number of pyridine rings is 2. The number of fused-ring (bicyclic) bond motifs is 6. The van der Waals surface area contributed by atoms with Crippen molar-refractivity contribution in [3.8, 4) is 22.4 Å². The summed E-state index contributed by atoms with van der Waals surface area (Å²) < 4.78 is 0. The Labute approximate surface area is 226 Å². The maximum absolute atomic E-state index is 5.30. The first kappa shape index (κ1) is 22.0. The molecule has 0 amide bonds. The van der Waals surface area contributed by atoms with E-state index in [4.69, 9.17) is 9.97 Å². The molecule has 8 rings (SSSR count). The third kappa shape index (κ3) is 3.42. The number of aromatic nitrogens is 2. The molecule has 39 heavy (non-hydrogen) atoms. The molecule has 0 atom stereocenters. The van der Waals surface area contributed by atoms with Crippen molar-refractivity contribution in [2.45, 2.75) is 6.92 Å². The Bertz CT molecular complexity index is 2190. The molecule has 0 aliphatic carbocycles. The minimum Gasteiger partial charge on any atom is -0.251 e. The van der Waals surface area contributed by atoms with E-state index in [1.807, 2.05) is 6.92 Å². The van der Waals surface area contributed by atoms with Crippen molar-refractivity contribution in [2.24, 2.45) is 0 Å². The minimum absolute atomic E-state index is 0.945. The second-order valence-electron chi connectivity index (χ2n) is 10.3. The molecule has 2 heteroatoms. The molecule has 6 aromatic carbocycles. The van der Waals surface area contributed by atoms with E-state index in [1.165, 1.54) is 43.4 Å². The van der Waals surface area contributed by atoms with Crippen LogP contribution in [0.4, 0.5) is 0 Å². The lowest BCUT2D eigenvalue weighted by molar-refractivity contribution is 1.25. The molecule has 2 nitrogen and oxygen atoms in total. The first-order chi connectivity index (χ1) is 19.2. The van der Waals surface area contributed by atoms with E-state index in [-0.39, 0.29) is 0 Å². The highest BCUT2D eigenvalue weighted by Crippen LogP contribution is 2.44. The fourth-order valence-corrected chi connectivity index (χ4v) is 6.06. The van der Waals surface area contributed by atoms with Gasteiger partial charge in [0.25, 0.3) is 0 Å². The van der Waals surface area contributed by atoms with Gasteiger partial charge in [0.1, 0.15) is 0 Å². The zero-order chi connectivity index (χ0) is 25.9. The van der Waals surface area contributed by atoms with Gasteiger partial charge in [-0.3, -0.25) is 4.98 Å². The summed E-state index contributed by atoms with van der Waals surface area (Å²) in [5, 5.41) is 9.59. The van der Waals surface area contributed by atoms with Crippen molar-refractivity contribution >= 4 is 54.1 Å². The predicted molar refractivity (Wildman–Crippen MR) is 165 cm³/mol. The molecule has 0 bridgehead atoms. The average molecular weight is 497 g/mol. The van der Waals surface area contributed by atoms with Crippen LogP contribution in [0.25, 0.3) is 76.5 Å². The summed E-state index contributed by atoms with van der Waals surface area (Å²) in [7, 11) is 0. The fraction of sp³-hybridized carbons (Fsp3) is 0.0270. The Kier molecular flexibility index (Phi) is 4.77. The van der Waals surface area contributed by atoms with Crippen LogP contribution in [0.3, 0.4) is 0 Å². The number of rotatable bonds is 2. The van der Waals surface area contributed by atoms with Crippen LogP contribution >= 0.6 is 0 Å². The van der Waals surface area contributed by atoms with E-state index < -0.39 is 0 Å². The largest absolute Gasteiger partial charge is 0.251 e. The maximum atomic E-state index is 5.30. The van der Waals surface area contributed by atoms with Crippen LogP contribution in [0.1, 0.15) is 5.69 Å². The molecular weight excluding hydrogens is 472 g/mol. The quantitative estimate of drug-likeness (QED) is 0.176. The SMILES string of the molecule is Cc1ccc2ccc3ccc(-c4c5ccccc5c(-c5ccc6ccccc6c5)c5ccccc45)nc3c2n1. The van der Waals surface area contributed by atoms with Gasteiger partial charge in [0, 0.05) is 22.0 Å². The van der Waals surface area contributed by atoms with Gasteiger partial charge in [-0.15, -0.1) is 0 Å². The lowest BCUT2D eigenvalue weighted by atomic mass is 9.86. The van der Waals surface area contributed by atoms with Crippen LogP contribution in [-0.2, 0) is 0 Å². The Morgan fingerprint density at radius 2 is 0.923 bits per heavy atom. The third-order valence-corrected chi connectivity index (χ3v) is 7.88. The summed E-state index contributed by atoms with van der Waals surface area (Å²) in [6, 6.07) is 45.7. The third-order valence-electron chi connectivity index (χ3n) is 7.88. The molecule has 0 fully saturated rings. The van der Waals surface area contributed by atoms with Crippen LogP contribution in [-0.4, -0.2) is 9.97 Å².